The SMILES string of the molecule is C=CCCCC(Cc1ccc(OC)nc1)NC. The summed E-state index contributed by atoms with van der Waals surface area (Å²) in [5.41, 5.74) is 1.24. The van der Waals surface area contributed by atoms with E-state index >= 15 is 0 Å². The van der Waals surface area contributed by atoms with Crippen molar-refractivity contribution in [2.24, 2.45) is 0 Å². The van der Waals surface area contributed by atoms with Crippen molar-refractivity contribution in [2.45, 2.75) is 31.7 Å². The van der Waals surface area contributed by atoms with Crippen molar-refractivity contribution in [3.63, 3.8) is 0 Å². The quantitative estimate of drug-likeness (QED) is 0.554. The zero-order chi connectivity index (χ0) is 12.5. The van der Waals surface area contributed by atoms with Crippen LogP contribution in [-0.4, -0.2) is 25.2 Å². The Morgan fingerprint density at radius 1 is 1.53 bits per heavy atom. The lowest BCUT2D eigenvalue weighted by Gasteiger charge is -2.15. The molecule has 0 aliphatic carbocycles. The predicted molar refractivity (Wildman–Crippen MR) is 71.4 cm³/mol. The third-order valence-electron chi connectivity index (χ3n) is 2.86. The Morgan fingerprint density at radius 2 is 2.35 bits per heavy atom. The number of nitrogens with zero attached hydrogens (tertiary/aromatic N) is 1. The van der Waals surface area contributed by atoms with Gasteiger partial charge in [-0.2, -0.15) is 0 Å². The number of likely N-dealkylation sites (N-methyl/N-ethyl adjacent to an activating group) is 1. The molecule has 94 valence electrons. The Labute approximate surface area is 104 Å². The molecular formula is C14H22N2O. The maximum atomic E-state index is 5.04. The van der Waals surface area contributed by atoms with E-state index in [9.17, 15) is 0 Å². The van der Waals surface area contributed by atoms with E-state index < -0.39 is 0 Å². The number of ether oxygens (including phenoxy) is 1. The van der Waals surface area contributed by atoms with Crippen molar-refractivity contribution >= 4 is 0 Å². The summed E-state index contributed by atoms with van der Waals surface area (Å²) in [5.74, 6) is 0.668. The molecular weight excluding hydrogens is 212 g/mol. The molecule has 0 spiro atoms. The Morgan fingerprint density at radius 3 is 2.88 bits per heavy atom. The standard InChI is InChI=1S/C14H22N2O/c1-4-5-6-7-13(15-2)10-12-8-9-14(17-3)16-11-12/h4,8-9,11,13,15H,1,5-7,10H2,2-3H3. The second-order valence-electron chi connectivity index (χ2n) is 4.12. The first-order valence-corrected chi connectivity index (χ1v) is 6.07. The molecule has 1 unspecified atom stereocenters. The molecule has 1 rings (SSSR count). The van der Waals surface area contributed by atoms with Crippen LogP contribution in [0, 0.1) is 0 Å². The van der Waals surface area contributed by atoms with Gasteiger partial charge in [-0.3, -0.25) is 0 Å². The third kappa shape index (κ3) is 5.00. The van der Waals surface area contributed by atoms with Gasteiger partial charge in [-0.25, -0.2) is 4.98 Å². The van der Waals surface area contributed by atoms with Crippen molar-refractivity contribution in [1.82, 2.24) is 10.3 Å². The van der Waals surface area contributed by atoms with Crippen LogP contribution in [0.2, 0.25) is 0 Å². The van der Waals surface area contributed by atoms with Crippen LogP contribution in [0.25, 0.3) is 0 Å². The molecule has 0 radical (unpaired) electrons. The first-order chi connectivity index (χ1) is 8.30. The third-order valence-corrected chi connectivity index (χ3v) is 2.86. The van der Waals surface area contributed by atoms with Gasteiger partial charge in [0.1, 0.15) is 0 Å². The number of rotatable bonds is 8. The van der Waals surface area contributed by atoms with Gasteiger partial charge in [-0.15, -0.1) is 6.58 Å². The van der Waals surface area contributed by atoms with Gasteiger partial charge >= 0.3 is 0 Å². The van der Waals surface area contributed by atoms with Gasteiger partial charge in [0.2, 0.25) is 5.88 Å². The number of pyridine rings is 1. The molecule has 1 N–H and O–H groups in total. The molecule has 17 heavy (non-hydrogen) atoms. The van der Waals surface area contributed by atoms with E-state index in [4.69, 9.17) is 4.74 Å². The molecule has 0 aliphatic rings. The van der Waals surface area contributed by atoms with Crippen LogP contribution in [0.4, 0.5) is 0 Å². The monoisotopic (exact) mass is 234 g/mol. The second-order valence-corrected chi connectivity index (χ2v) is 4.12. The van der Waals surface area contributed by atoms with Crippen molar-refractivity contribution in [3.05, 3.63) is 36.5 Å². The van der Waals surface area contributed by atoms with Crippen LogP contribution in [0.3, 0.4) is 0 Å². The normalized spacial score (nSPS) is 12.1. The molecule has 0 aromatic carbocycles. The molecule has 1 aromatic heterocycles. The zero-order valence-electron chi connectivity index (χ0n) is 10.8. The smallest absolute Gasteiger partial charge is 0.212 e. The number of hydrogen-bond acceptors (Lipinski definition) is 3. The molecule has 3 nitrogen and oxygen atoms in total. The van der Waals surface area contributed by atoms with E-state index in [2.05, 4.69) is 22.9 Å². The number of methoxy groups -OCH3 is 1. The summed E-state index contributed by atoms with van der Waals surface area (Å²) in [4.78, 5) is 4.21. The van der Waals surface area contributed by atoms with Gasteiger partial charge in [0.15, 0.2) is 0 Å². The van der Waals surface area contributed by atoms with E-state index in [1.54, 1.807) is 7.11 Å². The van der Waals surface area contributed by atoms with Gasteiger partial charge in [0, 0.05) is 18.3 Å². The fourth-order valence-electron chi connectivity index (χ4n) is 1.79. The summed E-state index contributed by atoms with van der Waals surface area (Å²) in [6.07, 6.45) is 8.29. The highest BCUT2D eigenvalue weighted by molar-refractivity contribution is 5.18. The van der Waals surface area contributed by atoms with Crippen LogP contribution < -0.4 is 10.1 Å². The highest BCUT2D eigenvalue weighted by Crippen LogP contribution is 2.11. The highest BCUT2D eigenvalue weighted by atomic mass is 16.5. The van der Waals surface area contributed by atoms with Crippen molar-refractivity contribution in [2.75, 3.05) is 14.2 Å². The topological polar surface area (TPSA) is 34.1 Å². The fraction of sp³-hybridized carbons (Fsp3) is 0.500. The Hall–Kier alpha value is -1.35. The van der Waals surface area contributed by atoms with E-state index in [0.717, 1.165) is 19.3 Å². The van der Waals surface area contributed by atoms with Crippen LogP contribution >= 0.6 is 0 Å². The molecule has 0 saturated carbocycles. The summed E-state index contributed by atoms with van der Waals surface area (Å²) in [6.45, 7) is 3.74. The van der Waals surface area contributed by atoms with E-state index in [-0.39, 0.29) is 0 Å². The fourth-order valence-corrected chi connectivity index (χ4v) is 1.79. The lowest BCUT2D eigenvalue weighted by molar-refractivity contribution is 0.397. The number of hydrogen-bond donors (Lipinski definition) is 1. The van der Waals surface area contributed by atoms with Gasteiger partial charge in [-0.1, -0.05) is 12.1 Å². The molecule has 1 atom stereocenters. The van der Waals surface area contributed by atoms with Crippen LogP contribution in [0.15, 0.2) is 31.0 Å². The molecule has 0 aliphatic heterocycles. The average molecular weight is 234 g/mol. The molecule has 0 bridgehead atoms. The second kappa shape index (κ2) is 7.85. The first kappa shape index (κ1) is 13.7. The predicted octanol–water partition coefficient (Wildman–Crippen LogP) is 2.58. The van der Waals surface area contributed by atoms with E-state index in [1.165, 1.54) is 12.0 Å². The van der Waals surface area contributed by atoms with E-state index in [0.29, 0.717) is 11.9 Å². The number of allylic oxidation sites excluding steroid dienone is 1. The molecule has 3 heteroatoms. The average Bonchev–Trinajstić information content (AvgIpc) is 2.38. The summed E-state index contributed by atoms with van der Waals surface area (Å²) in [5, 5.41) is 3.34. The zero-order valence-corrected chi connectivity index (χ0v) is 10.8. The highest BCUT2D eigenvalue weighted by Gasteiger charge is 2.07. The molecule has 1 heterocycles. The number of nitrogens with one attached hydrogen (secondary N) is 1. The van der Waals surface area contributed by atoms with Crippen molar-refractivity contribution in [1.29, 1.82) is 0 Å². The summed E-state index contributed by atoms with van der Waals surface area (Å²) in [6, 6.07) is 4.49. The Kier molecular flexibility index (Phi) is 6.33. The lowest BCUT2D eigenvalue weighted by atomic mass is 10.0. The first-order valence-electron chi connectivity index (χ1n) is 6.07. The molecule has 0 fully saturated rings. The van der Waals surface area contributed by atoms with Crippen LogP contribution in [0.1, 0.15) is 24.8 Å². The minimum atomic E-state index is 0.505. The summed E-state index contributed by atoms with van der Waals surface area (Å²) >= 11 is 0. The Balaban J connectivity index is 2.45. The minimum absolute atomic E-state index is 0.505. The van der Waals surface area contributed by atoms with Crippen LogP contribution in [0.5, 0.6) is 5.88 Å². The van der Waals surface area contributed by atoms with Crippen LogP contribution in [-0.2, 0) is 6.42 Å². The van der Waals surface area contributed by atoms with Crippen molar-refractivity contribution in [3.8, 4) is 5.88 Å². The van der Waals surface area contributed by atoms with E-state index in [1.807, 2.05) is 25.4 Å². The van der Waals surface area contributed by atoms with Crippen molar-refractivity contribution < 1.29 is 4.74 Å². The lowest BCUT2D eigenvalue weighted by Crippen LogP contribution is -2.27. The summed E-state index contributed by atoms with van der Waals surface area (Å²) in [7, 11) is 3.64. The largest absolute Gasteiger partial charge is 0.481 e. The molecule has 0 saturated heterocycles. The number of unbranched alkanes of at least 4 members (excludes halogenated alkanes) is 1. The summed E-state index contributed by atoms with van der Waals surface area (Å²) < 4.78 is 5.04. The molecule has 1 aromatic rings. The van der Waals surface area contributed by atoms with Gasteiger partial charge in [0.25, 0.3) is 0 Å². The maximum Gasteiger partial charge on any atom is 0.212 e. The minimum Gasteiger partial charge on any atom is -0.481 e. The van der Waals surface area contributed by atoms with Gasteiger partial charge in [0.05, 0.1) is 7.11 Å². The maximum absolute atomic E-state index is 5.04. The van der Waals surface area contributed by atoms with Gasteiger partial charge in [-0.05, 0) is 38.3 Å². The van der Waals surface area contributed by atoms with Gasteiger partial charge < -0.3 is 10.1 Å². The Bertz CT molecular complexity index is 321. The molecule has 0 amide bonds. The number of aromatic nitrogens is 1.